The summed E-state index contributed by atoms with van der Waals surface area (Å²) in [5, 5.41) is 13.8. The van der Waals surface area contributed by atoms with Crippen LogP contribution in [0.5, 0.6) is 0 Å². The summed E-state index contributed by atoms with van der Waals surface area (Å²) in [4.78, 5) is 4.28. The zero-order valence-electron chi connectivity index (χ0n) is 11.1. The molecule has 1 fully saturated rings. The van der Waals surface area contributed by atoms with Crippen LogP contribution in [-0.2, 0) is 0 Å². The third-order valence-electron chi connectivity index (χ3n) is 3.04. The highest BCUT2D eigenvalue weighted by molar-refractivity contribution is 7.80. The molecule has 5 heteroatoms. The van der Waals surface area contributed by atoms with Gasteiger partial charge in [0.2, 0.25) is 0 Å². The lowest BCUT2D eigenvalue weighted by atomic mass is 10.2. The number of nitrogens with one attached hydrogen (secondary N) is 1. The minimum Gasteiger partial charge on any atom is -0.391 e. The average molecular weight is 259 g/mol. The monoisotopic (exact) mass is 259 g/mol. The number of likely N-dealkylation sites (N-methyl/N-ethyl adjacent to an activating group) is 1. The van der Waals surface area contributed by atoms with Crippen molar-refractivity contribution in [3.05, 3.63) is 0 Å². The molecule has 100 valence electrons. The Morgan fingerprint density at radius 3 is 2.82 bits per heavy atom. The lowest BCUT2D eigenvalue weighted by Gasteiger charge is -2.29. The van der Waals surface area contributed by atoms with Crippen molar-refractivity contribution in [1.29, 1.82) is 0 Å². The third-order valence-corrected chi connectivity index (χ3v) is 3.41. The maximum Gasteiger partial charge on any atom is 0.169 e. The molecular formula is C12H25N3OS. The molecule has 2 N–H and O–H groups in total. The molecule has 1 saturated heterocycles. The van der Waals surface area contributed by atoms with Gasteiger partial charge in [-0.2, -0.15) is 0 Å². The van der Waals surface area contributed by atoms with E-state index in [9.17, 15) is 5.11 Å². The van der Waals surface area contributed by atoms with Crippen molar-refractivity contribution in [2.45, 2.75) is 38.3 Å². The van der Waals surface area contributed by atoms with Gasteiger partial charge in [-0.05, 0) is 39.2 Å². The molecule has 1 rings (SSSR count). The van der Waals surface area contributed by atoms with Crippen molar-refractivity contribution in [2.75, 3.05) is 33.7 Å². The number of aliphatic hydroxyl groups excluding tert-OH is 1. The molecule has 17 heavy (non-hydrogen) atoms. The van der Waals surface area contributed by atoms with Crippen LogP contribution in [0.3, 0.4) is 0 Å². The van der Waals surface area contributed by atoms with Crippen LogP contribution in [0.1, 0.15) is 26.2 Å². The fraction of sp³-hybridized carbons (Fsp3) is 0.917. The topological polar surface area (TPSA) is 38.7 Å². The second-order valence-electron chi connectivity index (χ2n) is 5.04. The Labute approximate surface area is 110 Å². The number of hydrogen-bond donors (Lipinski definition) is 2. The highest BCUT2D eigenvalue weighted by Crippen LogP contribution is 2.18. The predicted octanol–water partition coefficient (Wildman–Crippen LogP) is 0.658. The Kier molecular flexibility index (Phi) is 6.16. The van der Waals surface area contributed by atoms with Gasteiger partial charge < -0.3 is 20.2 Å². The molecule has 1 aliphatic rings. The van der Waals surface area contributed by atoms with Crippen LogP contribution in [0.2, 0.25) is 0 Å². The molecule has 0 aliphatic carbocycles. The highest BCUT2D eigenvalue weighted by Gasteiger charge is 2.32. The molecule has 0 aromatic heterocycles. The number of unbranched alkanes of at least 4 members (excludes halogenated alkanes) is 1. The first kappa shape index (κ1) is 14.7. The molecule has 1 heterocycles. The molecule has 0 radical (unpaired) electrons. The Morgan fingerprint density at radius 1 is 1.53 bits per heavy atom. The van der Waals surface area contributed by atoms with E-state index in [4.69, 9.17) is 12.2 Å². The van der Waals surface area contributed by atoms with Crippen molar-refractivity contribution in [1.82, 2.24) is 15.1 Å². The largest absolute Gasteiger partial charge is 0.391 e. The minimum atomic E-state index is -0.245. The van der Waals surface area contributed by atoms with Crippen LogP contribution >= 0.6 is 12.2 Å². The van der Waals surface area contributed by atoms with E-state index in [-0.39, 0.29) is 6.10 Å². The summed E-state index contributed by atoms with van der Waals surface area (Å²) in [6.07, 6.45) is 2.87. The normalized spacial score (nSPS) is 24.4. The second-order valence-corrected chi connectivity index (χ2v) is 5.43. The van der Waals surface area contributed by atoms with Gasteiger partial charge in [-0.1, -0.05) is 13.3 Å². The molecule has 2 unspecified atom stereocenters. The molecule has 0 amide bonds. The van der Waals surface area contributed by atoms with E-state index in [1.54, 1.807) is 0 Å². The zero-order chi connectivity index (χ0) is 12.8. The highest BCUT2D eigenvalue weighted by atomic mass is 32.1. The summed E-state index contributed by atoms with van der Waals surface area (Å²) < 4.78 is 0. The van der Waals surface area contributed by atoms with Crippen molar-refractivity contribution in [3.63, 3.8) is 0 Å². The first-order chi connectivity index (χ1) is 8.04. The molecular weight excluding hydrogens is 234 g/mol. The molecule has 0 aromatic carbocycles. The van der Waals surface area contributed by atoms with Gasteiger partial charge in [0.15, 0.2) is 5.11 Å². The molecule has 0 aromatic rings. The standard InChI is InChI=1S/C12H25N3OS/c1-4-5-6-13-12(17)15-9-11(16)7-10(15)8-14(2)3/h10-11,16H,4-9H2,1-3H3,(H,13,17). The van der Waals surface area contributed by atoms with Crippen molar-refractivity contribution in [3.8, 4) is 0 Å². The first-order valence-corrected chi connectivity index (χ1v) is 6.82. The third kappa shape index (κ3) is 4.77. The van der Waals surface area contributed by atoms with Crippen molar-refractivity contribution < 1.29 is 5.11 Å². The van der Waals surface area contributed by atoms with Gasteiger partial charge in [-0.3, -0.25) is 0 Å². The summed E-state index contributed by atoms with van der Waals surface area (Å²) in [6, 6.07) is 0.335. The Morgan fingerprint density at radius 2 is 2.24 bits per heavy atom. The summed E-state index contributed by atoms with van der Waals surface area (Å²) in [6.45, 7) is 4.69. The maximum absolute atomic E-state index is 9.76. The molecule has 4 nitrogen and oxygen atoms in total. The molecule has 1 aliphatic heterocycles. The van der Waals surface area contributed by atoms with Gasteiger partial charge in [-0.25, -0.2) is 0 Å². The molecule has 2 atom stereocenters. The Balaban J connectivity index is 2.45. The number of thiocarbonyl (C=S) groups is 1. The van der Waals surface area contributed by atoms with E-state index >= 15 is 0 Å². The van der Waals surface area contributed by atoms with Crippen LogP contribution in [-0.4, -0.2) is 65.9 Å². The molecule has 0 bridgehead atoms. The van der Waals surface area contributed by atoms with Crippen LogP contribution in [0.4, 0.5) is 0 Å². The van der Waals surface area contributed by atoms with Gasteiger partial charge in [0.1, 0.15) is 0 Å². The number of β-amino-alcohol motifs (C(OH)–C–C–N with tert-alkyl or cyclic N) is 1. The number of hydrogen-bond acceptors (Lipinski definition) is 3. The van der Waals surface area contributed by atoms with Crippen molar-refractivity contribution in [2.24, 2.45) is 0 Å². The summed E-state index contributed by atoms with van der Waals surface area (Å²) in [7, 11) is 4.10. The van der Waals surface area contributed by atoms with E-state index < -0.39 is 0 Å². The van der Waals surface area contributed by atoms with Crippen LogP contribution in [0.15, 0.2) is 0 Å². The minimum absolute atomic E-state index is 0.245. The van der Waals surface area contributed by atoms with E-state index in [0.29, 0.717) is 12.6 Å². The fourth-order valence-electron chi connectivity index (χ4n) is 2.21. The fourth-order valence-corrected chi connectivity index (χ4v) is 2.53. The lowest BCUT2D eigenvalue weighted by molar-refractivity contribution is 0.187. The summed E-state index contributed by atoms with van der Waals surface area (Å²) in [5.41, 5.74) is 0. The quantitative estimate of drug-likeness (QED) is 0.560. The van der Waals surface area contributed by atoms with Gasteiger partial charge in [0, 0.05) is 25.7 Å². The first-order valence-electron chi connectivity index (χ1n) is 6.41. The van der Waals surface area contributed by atoms with Crippen LogP contribution in [0.25, 0.3) is 0 Å². The molecule has 0 spiro atoms. The van der Waals surface area contributed by atoms with E-state index in [2.05, 4.69) is 36.1 Å². The Bertz CT molecular complexity index is 248. The predicted molar refractivity (Wildman–Crippen MR) is 75.2 cm³/mol. The second kappa shape index (κ2) is 7.13. The van der Waals surface area contributed by atoms with Crippen LogP contribution in [0, 0.1) is 0 Å². The maximum atomic E-state index is 9.76. The number of nitrogens with zero attached hydrogens (tertiary/aromatic N) is 2. The van der Waals surface area contributed by atoms with Crippen LogP contribution < -0.4 is 5.32 Å². The van der Waals surface area contributed by atoms with Crippen molar-refractivity contribution >= 4 is 17.3 Å². The number of rotatable bonds is 5. The Hall–Kier alpha value is -0.390. The van der Waals surface area contributed by atoms with Gasteiger partial charge in [0.05, 0.1) is 6.10 Å². The SMILES string of the molecule is CCCCNC(=S)N1CC(O)CC1CN(C)C. The molecule has 0 saturated carbocycles. The smallest absolute Gasteiger partial charge is 0.169 e. The summed E-state index contributed by atoms with van der Waals surface area (Å²) in [5.74, 6) is 0. The van der Waals surface area contributed by atoms with Gasteiger partial charge >= 0.3 is 0 Å². The number of likely N-dealkylation sites (tertiary alicyclic amines) is 1. The van der Waals surface area contributed by atoms with Gasteiger partial charge in [0.25, 0.3) is 0 Å². The van der Waals surface area contributed by atoms with E-state index in [1.165, 1.54) is 6.42 Å². The average Bonchev–Trinajstić information content (AvgIpc) is 2.58. The lowest BCUT2D eigenvalue weighted by Crippen LogP contribution is -2.46. The zero-order valence-corrected chi connectivity index (χ0v) is 12.0. The number of aliphatic hydroxyl groups is 1. The summed E-state index contributed by atoms with van der Waals surface area (Å²) >= 11 is 5.40. The van der Waals surface area contributed by atoms with Gasteiger partial charge in [-0.15, -0.1) is 0 Å². The van der Waals surface area contributed by atoms with E-state index in [1.807, 2.05) is 0 Å². The van der Waals surface area contributed by atoms with E-state index in [0.717, 1.165) is 31.0 Å².